The van der Waals surface area contributed by atoms with Gasteiger partial charge in [-0.2, -0.15) is 0 Å². The van der Waals surface area contributed by atoms with Crippen LogP contribution in [-0.4, -0.2) is 32.9 Å². The minimum Gasteiger partial charge on any atom is -0.327 e. The average molecular weight is 300 g/mol. The maximum Gasteiger partial charge on any atom is 0.258 e. The summed E-state index contributed by atoms with van der Waals surface area (Å²) in [7, 11) is 0. The molecule has 3 rings (SSSR count). The Kier molecular flexibility index (Phi) is 4.27. The first-order valence-electron chi connectivity index (χ1n) is 8.04. The molecule has 2 aromatic heterocycles. The van der Waals surface area contributed by atoms with Crippen molar-refractivity contribution in [1.29, 1.82) is 0 Å². The Hall–Kier alpha value is -1.72. The number of aryl methyl sites for hydroxylation is 1. The molecular weight excluding hydrogens is 276 g/mol. The minimum absolute atomic E-state index is 0.0157. The van der Waals surface area contributed by atoms with Crippen molar-refractivity contribution >= 4 is 5.65 Å². The summed E-state index contributed by atoms with van der Waals surface area (Å²) in [5, 5.41) is 0. The molecule has 0 bridgehead atoms. The molecule has 0 aromatic carbocycles. The molecule has 1 fully saturated rings. The smallest absolute Gasteiger partial charge is 0.258 e. The summed E-state index contributed by atoms with van der Waals surface area (Å²) < 4.78 is 1.61. The fraction of sp³-hybridized carbons (Fsp3) is 0.529. The molecule has 1 aliphatic heterocycles. The van der Waals surface area contributed by atoms with Gasteiger partial charge in [0, 0.05) is 30.9 Å². The standard InChI is InChI=1S/C17H24N4O/c1-12-6-5-9-21-16(22)10-14(19-17(12)21)11-20-8-4-3-7-15(20)13(2)18/h5-6,9-10,13,15H,3-4,7-8,11,18H2,1-2H3. The first-order valence-corrected chi connectivity index (χ1v) is 8.04. The van der Waals surface area contributed by atoms with Crippen LogP contribution in [0.25, 0.3) is 5.65 Å². The molecule has 1 aliphatic rings. The van der Waals surface area contributed by atoms with Gasteiger partial charge in [0.15, 0.2) is 0 Å². The molecule has 0 aliphatic carbocycles. The van der Waals surface area contributed by atoms with Gasteiger partial charge in [-0.1, -0.05) is 12.5 Å². The van der Waals surface area contributed by atoms with E-state index in [-0.39, 0.29) is 11.6 Å². The Bertz CT molecular complexity index is 722. The first-order chi connectivity index (χ1) is 10.6. The molecule has 2 N–H and O–H groups in total. The highest BCUT2D eigenvalue weighted by molar-refractivity contribution is 5.46. The van der Waals surface area contributed by atoms with E-state index in [4.69, 9.17) is 10.7 Å². The maximum absolute atomic E-state index is 12.3. The fourth-order valence-corrected chi connectivity index (χ4v) is 3.41. The monoisotopic (exact) mass is 300 g/mol. The Morgan fingerprint density at radius 1 is 1.45 bits per heavy atom. The first kappa shape index (κ1) is 15.2. The molecule has 5 heteroatoms. The van der Waals surface area contributed by atoms with Crippen molar-refractivity contribution in [2.24, 2.45) is 5.73 Å². The number of aromatic nitrogens is 2. The van der Waals surface area contributed by atoms with Crippen LogP contribution < -0.4 is 11.3 Å². The quantitative estimate of drug-likeness (QED) is 0.937. The van der Waals surface area contributed by atoms with Crippen molar-refractivity contribution in [3.63, 3.8) is 0 Å². The Balaban J connectivity index is 1.93. The van der Waals surface area contributed by atoms with E-state index >= 15 is 0 Å². The van der Waals surface area contributed by atoms with Gasteiger partial charge < -0.3 is 5.73 Å². The molecule has 5 nitrogen and oxygen atoms in total. The van der Waals surface area contributed by atoms with Crippen LogP contribution in [0.15, 0.2) is 29.2 Å². The van der Waals surface area contributed by atoms with Crippen LogP contribution in [0.3, 0.4) is 0 Å². The van der Waals surface area contributed by atoms with Gasteiger partial charge in [0.2, 0.25) is 0 Å². The summed E-state index contributed by atoms with van der Waals surface area (Å²) in [5.74, 6) is 0. The second-order valence-corrected chi connectivity index (χ2v) is 6.36. The molecule has 22 heavy (non-hydrogen) atoms. The average Bonchev–Trinajstić information content (AvgIpc) is 2.49. The molecule has 0 radical (unpaired) electrons. The topological polar surface area (TPSA) is 63.6 Å². The SMILES string of the molecule is Cc1cccn2c(=O)cc(CN3CCCCC3C(C)N)nc12. The second-order valence-electron chi connectivity index (χ2n) is 6.36. The normalized spacial score (nSPS) is 21.1. The lowest BCUT2D eigenvalue weighted by molar-refractivity contribution is 0.121. The van der Waals surface area contributed by atoms with E-state index in [2.05, 4.69) is 11.8 Å². The van der Waals surface area contributed by atoms with E-state index in [1.165, 1.54) is 12.8 Å². The molecule has 1 saturated heterocycles. The van der Waals surface area contributed by atoms with Crippen LogP contribution in [0.1, 0.15) is 37.4 Å². The number of piperidine rings is 1. The van der Waals surface area contributed by atoms with Crippen LogP contribution in [0.4, 0.5) is 0 Å². The molecule has 0 amide bonds. The number of nitrogens with two attached hydrogens (primary N) is 1. The number of fused-ring (bicyclic) bond motifs is 1. The maximum atomic E-state index is 12.3. The number of pyridine rings is 1. The Labute approximate surface area is 130 Å². The van der Waals surface area contributed by atoms with Crippen LogP contribution in [-0.2, 0) is 6.54 Å². The zero-order valence-corrected chi connectivity index (χ0v) is 13.3. The zero-order valence-electron chi connectivity index (χ0n) is 13.3. The number of likely N-dealkylation sites (tertiary alicyclic amines) is 1. The van der Waals surface area contributed by atoms with Gasteiger partial charge in [-0.05, 0) is 44.9 Å². The van der Waals surface area contributed by atoms with Crippen molar-refractivity contribution in [3.8, 4) is 0 Å². The van der Waals surface area contributed by atoms with E-state index in [0.717, 1.165) is 29.9 Å². The zero-order chi connectivity index (χ0) is 15.7. The highest BCUT2D eigenvalue weighted by Gasteiger charge is 2.25. The van der Waals surface area contributed by atoms with E-state index in [9.17, 15) is 4.79 Å². The predicted octanol–water partition coefficient (Wildman–Crippen LogP) is 1.70. The second kappa shape index (κ2) is 6.18. The van der Waals surface area contributed by atoms with Gasteiger partial charge in [-0.3, -0.25) is 14.1 Å². The molecule has 0 saturated carbocycles. The van der Waals surface area contributed by atoms with Crippen molar-refractivity contribution in [2.45, 2.75) is 51.7 Å². The molecule has 2 aromatic rings. The van der Waals surface area contributed by atoms with Crippen molar-refractivity contribution < 1.29 is 0 Å². The molecular formula is C17H24N4O. The molecule has 2 atom stereocenters. The fourth-order valence-electron chi connectivity index (χ4n) is 3.41. The number of nitrogens with zero attached hydrogens (tertiary/aromatic N) is 3. The van der Waals surface area contributed by atoms with Crippen molar-refractivity contribution in [3.05, 3.63) is 46.0 Å². The van der Waals surface area contributed by atoms with Gasteiger partial charge in [0.05, 0.1) is 5.69 Å². The lowest BCUT2D eigenvalue weighted by Crippen LogP contribution is -2.48. The van der Waals surface area contributed by atoms with E-state index in [0.29, 0.717) is 12.6 Å². The lowest BCUT2D eigenvalue weighted by Gasteiger charge is -2.37. The summed E-state index contributed by atoms with van der Waals surface area (Å²) in [6.45, 7) is 5.78. The van der Waals surface area contributed by atoms with Crippen LogP contribution in [0, 0.1) is 6.92 Å². The Morgan fingerprint density at radius 2 is 2.27 bits per heavy atom. The summed E-state index contributed by atoms with van der Waals surface area (Å²) in [6.07, 6.45) is 5.32. The lowest BCUT2D eigenvalue weighted by atomic mass is 9.97. The van der Waals surface area contributed by atoms with E-state index < -0.39 is 0 Å². The molecule has 118 valence electrons. The number of rotatable bonds is 3. The van der Waals surface area contributed by atoms with Crippen LogP contribution in [0.5, 0.6) is 0 Å². The third-order valence-electron chi connectivity index (χ3n) is 4.58. The number of hydrogen-bond donors (Lipinski definition) is 1. The van der Waals surface area contributed by atoms with Crippen LogP contribution >= 0.6 is 0 Å². The third-order valence-corrected chi connectivity index (χ3v) is 4.58. The summed E-state index contributed by atoms with van der Waals surface area (Å²) in [6, 6.07) is 6.03. The van der Waals surface area contributed by atoms with Crippen molar-refractivity contribution in [2.75, 3.05) is 6.54 Å². The molecule has 2 unspecified atom stereocenters. The highest BCUT2D eigenvalue weighted by Crippen LogP contribution is 2.21. The van der Waals surface area contributed by atoms with Crippen molar-refractivity contribution in [1.82, 2.24) is 14.3 Å². The van der Waals surface area contributed by atoms with E-state index in [1.54, 1.807) is 16.7 Å². The Morgan fingerprint density at radius 3 is 3.05 bits per heavy atom. The largest absolute Gasteiger partial charge is 0.327 e. The van der Waals surface area contributed by atoms with Gasteiger partial charge in [-0.15, -0.1) is 0 Å². The molecule has 3 heterocycles. The number of hydrogen-bond acceptors (Lipinski definition) is 4. The highest BCUT2D eigenvalue weighted by atomic mass is 16.1. The van der Waals surface area contributed by atoms with Gasteiger partial charge >= 0.3 is 0 Å². The van der Waals surface area contributed by atoms with E-state index in [1.807, 2.05) is 19.1 Å². The molecule has 0 spiro atoms. The summed E-state index contributed by atoms with van der Waals surface area (Å²) >= 11 is 0. The predicted molar refractivity (Wildman–Crippen MR) is 87.9 cm³/mol. The summed E-state index contributed by atoms with van der Waals surface area (Å²) in [4.78, 5) is 19.4. The van der Waals surface area contributed by atoms with Crippen LogP contribution in [0.2, 0.25) is 0 Å². The van der Waals surface area contributed by atoms with Gasteiger partial charge in [-0.25, -0.2) is 4.98 Å². The van der Waals surface area contributed by atoms with Gasteiger partial charge in [0.25, 0.3) is 5.56 Å². The third kappa shape index (κ3) is 2.91. The van der Waals surface area contributed by atoms with Gasteiger partial charge in [0.1, 0.15) is 5.65 Å². The minimum atomic E-state index is -0.0157. The summed E-state index contributed by atoms with van der Waals surface area (Å²) in [5.41, 5.74) is 8.72.